The summed E-state index contributed by atoms with van der Waals surface area (Å²) in [6.07, 6.45) is 0. The van der Waals surface area contributed by atoms with Crippen LogP contribution in [-0.2, 0) is 0 Å². The lowest BCUT2D eigenvalue weighted by atomic mass is 10.1. The van der Waals surface area contributed by atoms with Crippen LogP contribution in [0.2, 0.25) is 0 Å². The number of hydrogen-bond donors (Lipinski definition) is 1. The molecule has 2 aromatic carbocycles. The predicted molar refractivity (Wildman–Crippen MR) is 79.1 cm³/mol. The normalized spacial score (nSPS) is 11.5. The molecule has 0 radical (unpaired) electrons. The van der Waals surface area contributed by atoms with Gasteiger partial charge in [0.25, 0.3) is 0 Å². The molecule has 102 valence electrons. The molecule has 2 rings (SSSR count). The Morgan fingerprint density at radius 3 is 2.50 bits per heavy atom. The highest BCUT2D eigenvalue weighted by Crippen LogP contribution is 2.25. The highest BCUT2D eigenvalue weighted by molar-refractivity contribution is 9.10. The lowest BCUT2D eigenvalue weighted by Gasteiger charge is -2.14. The molecule has 5 heteroatoms. The van der Waals surface area contributed by atoms with E-state index in [9.17, 15) is 9.65 Å². The Bertz CT molecular complexity index is 637. The maximum atomic E-state index is 13.7. The zero-order valence-corrected chi connectivity index (χ0v) is 12.3. The third-order valence-electron chi connectivity index (χ3n) is 2.79. The van der Waals surface area contributed by atoms with Gasteiger partial charge >= 0.3 is 0 Å². The van der Waals surface area contributed by atoms with E-state index in [4.69, 9.17) is 4.74 Å². The fourth-order valence-electron chi connectivity index (χ4n) is 1.77. The van der Waals surface area contributed by atoms with E-state index < -0.39 is 11.9 Å². The highest BCUT2D eigenvalue weighted by atomic mass is 79.9. The van der Waals surface area contributed by atoms with Gasteiger partial charge in [0, 0.05) is 10.2 Å². The van der Waals surface area contributed by atoms with Gasteiger partial charge in [0.2, 0.25) is 0 Å². The summed E-state index contributed by atoms with van der Waals surface area (Å²) >= 11 is 3.34. The van der Waals surface area contributed by atoms with Crippen molar-refractivity contribution in [1.82, 2.24) is 0 Å². The van der Waals surface area contributed by atoms with Crippen LogP contribution in [0.15, 0.2) is 46.9 Å². The van der Waals surface area contributed by atoms with Crippen LogP contribution in [0.5, 0.6) is 5.75 Å². The Morgan fingerprint density at radius 1 is 1.25 bits per heavy atom. The van der Waals surface area contributed by atoms with Crippen LogP contribution in [0, 0.1) is 17.1 Å². The van der Waals surface area contributed by atoms with E-state index in [1.165, 1.54) is 19.2 Å². The number of methoxy groups -OCH3 is 1. The first-order chi connectivity index (χ1) is 9.63. The van der Waals surface area contributed by atoms with Gasteiger partial charge in [-0.1, -0.05) is 22.0 Å². The molecule has 0 heterocycles. The summed E-state index contributed by atoms with van der Waals surface area (Å²) < 4.78 is 19.5. The first-order valence-corrected chi connectivity index (χ1v) is 6.68. The van der Waals surface area contributed by atoms with E-state index >= 15 is 0 Å². The molecule has 0 amide bonds. The lowest BCUT2D eigenvalue weighted by molar-refractivity contribution is 0.386. The van der Waals surface area contributed by atoms with Crippen LogP contribution in [-0.4, -0.2) is 7.11 Å². The summed E-state index contributed by atoms with van der Waals surface area (Å²) in [5.74, 6) is -0.322. The summed E-state index contributed by atoms with van der Waals surface area (Å²) in [6, 6.07) is 13.4. The molecule has 2 aromatic rings. The molecule has 0 aliphatic heterocycles. The maximum absolute atomic E-state index is 13.7. The Labute approximate surface area is 125 Å². The number of anilines is 1. The number of rotatable bonds is 4. The molecule has 0 aliphatic rings. The molecule has 0 spiro atoms. The molecule has 1 unspecified atom stereocenters. The van der Waals surface area contributed by atoms with Crippen molar-refractivity contribution in [2.75, 3.05) is 12.4 Å². The quantitative estimate of drug-likeness (QED) is 0.907. The van der Waals surface area contributed by atoms with Crippen LogP contribution >= 0.6 is 15.9 Å². The molecule has 0 aromatic heterocycles. The van der Waals surface area contributed by atoms with Crippen LogP contribution in [0.4, 0.5) is 10.1 Å². The van der Waals surface area contributed by atoms with Crippen LogP contribution in [0.3, 0.4) is 0 Å². The van der Waals surface area contributed by atoms with E-state index in [2.05, 4.69) is 27.3 Å². The number of hydrogen-bond acceptors (Lipinski definition) is 3. The second-order valence-corrected chi connectivity index (χ2v) is 5.02. The fraction of sp³-hybridized carbons (Fsp3) is 0.133. The second kappa shape index (κ2) is 6.40. The van der Waals surface area contributed by atoms with Gasteiger partial charge in [0.05, 0.1) is 13.2 Å². The van der Waals surface area contributed by atoms with Crippen molar-refractivity contribution in [2.24, 2.45) is 0 Å². The van der Waals surface area contributed by atoms with E-state index in [0.717, 1.165) is 10.2 Å². The molecular formula is C15H12BrFN2O. The Balaban J connectivity index is 2.22. The number of nitrogens with one attached hydrogen (secondary N) is 1. The maximum Gasteiger partial charge on any atom is 0.165 e. The van der Waals surface area contributed by atoms with E-state index in [1.54, 1.807) is 6.07 Å². The molecule has 0 saturated heterocycles. The number of ether oxygens (including phenoxy) is 1. The average molecular weight is 335 g/mol. The van der Waals surface area contributed by atoms with Crippen molar-refractivity contribution in [1.29, 1.82) is 5.26 Å². The minimum Gasteiger partial charge on any atom is -0.494 e. The number of nitrogens with zero attached hydrogens (tertiary/aromatic N) is 1. The summed E-state index contributed by atoms with van der Waals surface area (Å²) in [5, 5.41) is 12.3. The number of halogens is 2. The summed E-state index contributed by atoms with van der Waals surface area (Å²) in [4.78, 5) is 0. The Kier molecular flexibility index (Phi) is 4.59. The Hall–Kier alpha value is -2.06. The van der Waals surface area contributed by atoms with Crippen LogP contribution in [0.25, 0.3) is 0 Å². The van der Waals surface area contributed by atoms with E-state index in [-0.39, 0.29) is 5.75 Å². The molecule has 0 bridgehead atoms. The standard InChI is InChI=1S/C15H12BrFN2O/c1-20-15-7-2-10(8-13(15)17)14(9-18)19-12-5-3-11(16)4-6-12/h2-8,14,19H,1H3. The van der Waals surface area contributed by atoms with Crippen molar-refractivity contribution < 1.29 is 9.13 Å². The van der Waals surface area contributed by atoms with Gasteiger partial charge in [-0.3, -0.25) is 0 Å². The average Bonchev–Trinajstić information content (AvgIpc) is 2.46. The van der Waals surface area contributed by atoms with Gasteiger partial charge < -0.3 is 10.1 Å². The minimum atomic E-state index is -0.628. The molecule has 0 saturated carbocycles. The third-order valence-corrected chi connectivity index (χ3v) is 3.32. The molecule has 1 N–H and O–H groups in total. The third kappa shape index (κ3) is 3.28. The second-order valence-electron chi connectivity index (χ2n) is 4.11. The summed E-state index contributed by atoms with van der Waals surface area (Å²) in [7, 11) is 1.40. The lowest BCUT2D eigenvalue weighted by Crippen LogP contribution is -2.08. The first kappa shape index (κ1) is 14.4. The number of benzene rings is 2. The molecule has 0 aliphatic carbocycles. The van der Waals surface area contributed by atoms with Crippen LogP contribution < -0.4 is 10.1 Å². The van der Waals surface area contributed by atoms with Crippen molar-refractivity contribution in [3.63, 3.8) is 0 Å². The van der Waals surface area contributed by atoms with Gasteiger partial charge in [0.15, 0.2) is 11.6 Å². The largest absolute Gasteiger partial charge is 0.494 e. The minimum absolute atomic E-state index is 0.161. The molecule has 1 atom stereocenters. The highest BCUT2D eigenvalue weighted by Gasteiger charge is 2.13. The van der Waals surface area contributed by atoms with E-state index in [1.807, 2.05) is 24.3 Å². The SMILES string of the molecule is COc1ccc(C(C#N)Nc2ccc(Br)cc2)cc1F. The smallest absolute Gasteiger partial charge is 0.165 e. The van der Waals surface area contributed by atoms with Gasteiger partial charge in [-0.05, 0) is 42.0 Å². The van der Waals surface area contributed by atoms with Crippen LogP contribution in [0.1, 0.15) is 11.6 Å². The van der Waals surface area contributed by atoms with Gasteiger partial charge in [-0.25, -0.2) is 4.39 Å². The van der Waals surface area contributed by atoms with Gasteiger partial charge in [-0.2, -0.15) is 5.26 Å². The van der Waals surface area contributed by atoms with Crippen molar-refractivity contribution >= 4 is 21.6 Å². The Morgan fingerprint density at radius 2 is 1.95 bits per heavy atom. The van der Waals surface area contributed by atoms with Gasteiger partial charge in [0.1, 0.15) is 6.04 Å². The van der Waals surface area contributed by atoms with Crippen molar-refractivity contribution in [3.05, 3.63) is 58.3 Å². The molecule has 0 fully saturated rings. The zero-order valence-electron chi connectivity index (χ0n) is 10.7. The molecule has 3 nitrogen and oxygen atoms in total. The monoisotopic (exact) mass is 334 g/mol. The van der Waals surface area contributed by atoms with Crippen molar-refractivity contribution in [2.45, 2.75) is 6.04 Å². The first-order valence-electron chi connectivity index (χ1n) is 5.89. The van der Waals surface area contributed by atoms with E-state index in [0.29, 0.717) is 5.56 Å². The number of nitriles is 1. The summed E-state index contributed by atoms with van der Waals surface area (Å²) in [6.45, 7) is 0. The van der Waals surface area contributed by atoms with Gasteiger partial charge in [-0.15, -0.1) is 0 Å². The topological polar surface area (TPSA) is 45.0 Å². The molecule has 20 heavy (non-hydrogen) atoms. The zero-order chi connectivity index (χ0) is 14.5. The predicted octanol–water partition coefficient (Wildman–Crippen LogP) is 4.27. The molecular weight excluding hydrogens is 323 g/mol. The van der Waals surface area contributed by atoms with Crippen molar-refractivity contribution in [3.8, 4) is 11.8 Å². The summed E-state index contributed by atoms with van der Waals surface area (Å²) in [5.41, 5.74) is 1.34. The fourth-order valence-corrected chi connectivity index (χ4v) is 2.03.